The fourth-order valence-electron chi connectivity index (χ4n) is 3.36. The summed E-state index contributed by atoms with van der Waals surface area (Å²) < 4.78 is 19.6. The molecule has 0 heterocycles. The molecular weight excluding hydrogens is 397 g/mol. The molecule has 0 spiro atoms. The van der Waals surface area contributed by atoms with Gasteiger partial charge in [-0.05, 0) is 42.7 Å². The minimum absolute atomic E-state index is 0.267. The van der Waals surface area contributed by atoms with Crippen LogP contribution in [-0.2, 0) is 11.3 Å². The molecule has 0 aliphatic rings. The Morgan fingerprint density at radius 1 is 1.00 bits per heavy atom. The number of aromatic carboxylic acids is 1. The van der Waals surface area contributed by atoms with E-state index >= 15 is 0 Å². The number of rotatable bonds is 8. The van der Waals surface area contributed by atoms with Crippen LogP contribution < -0.4 is 4.74 Å². The number of amides is 1. The van der Waals surface area contributed by atoms with Crippen molar-refractivity contribution in [3.8, 4) is 5.75 Å². The summed E-state index contributed by atoms with van der Waals surface area (Å²) in [6.45, 7) is 3.75. The maximum Gasteiger partial charge on any atom is 0.339 e. The van der Waals surface area contributed by atoms with Gasteiger partial charge in [0.05, 0.1) is 6.04 Å². The maximum absolute atomic E-state index is 14.2. The molecule has 0 unspecified atom stereocenters. The van der Waals surface area contributed by atoms with Crippen molar-refractivity contribution in [2.75, 3.05) is 6.61 Å². The van der Waals surface area contributed by atoms with E-state index in [4.69, 9.17) is 4.74 Å². The molecule has 160 valence electrons. The van der Waals surface area contributed by atoms with Crippen LogP contribution in [0.4, 0.5) is 4.39 Å². The van der Waals surface area contributed by atoms with Crippen LogP contribution in [0.3, 0.4) is 0 Å². The second kappa shape index (κ2) is 9.89. The number of benzene rings is 3. The Balaban J connectivity index is 1.86. The molecule has 1 N–H and O–H groups in total. The molecule has 3 rings (SSSR count). The van der Waals surface area contributed by atoms with Crippen LogP contribution in [0.5, 0.6) is 5.75 Å². The quantitative estimate of drug-likeness (QED) is 0.556. The molecule has 1 atom stereocenters. The van der Waals surface area contributed by atoms with Crippen LogP contribution in [0, 0.1) is 12.7 Å². The highest BCUT2D eigenvalue weighted by molar-refractivity contribution is 5.91. The van der Waals surface area contributed by atoms with Gasteiger partial charge in [-0.1, -0.05) is 60.7 Å². The minimum atomic E-state index is -1.32. The highest BCUT2D eigenvalue weighted by atomic mass is 19.1. The number of aryl methyl sites for hydroxylation is 1. The van der Waals surface area contributed by atoms with Crippen molar-refractivity contribution in [3.05, 3.63) is 101 Å². The van der Waals surface area contributed by atoms with Crippen LogP contribution in [0.25, 0.3) is 0 Å². The minimum Gasteiger partial charge on any atom is -0.480 e. The van der Waals surface area contributed by atoms with Crippen molar-refractivity contribution in [1.29, 1.82) is 0 Å². The Bertz CT molecular complexity index is 1070. The lowest BCUT2D eigenvalue weighted by atomic mass is 10.0. The molecule has 0 aliphatic carbocycles. The Morgan fingerprint density at radius 2 is 1.68 bits per heavy atom. The van der Waals surface area contributed by atoms with Crippen LogP contribution in [0.15, 0.2) is 72.8 Å². The van der Waals surface area contributed by atoms with Crippen molar-refractivity contribution >= 4 is 11.9 Å². The summed E-state index contributed by atoms with van der Waals surface area (Å²) in [5.74, 6) is -2.96. The SMILES string of the molecule is Cc1ccccc1CN(C(=O)COc1c(F)cccc1C(=O)O)[C@@H](C)c1ccccc1. The molecule has 5 nitrogen and oxygen atoms in total. The second-order valence-corrected chi connectivity index (χ2v) is 7.25. The van der Waals surface area contributed by atoms with Gasteiger partial charge in [0.1, 0.15) is 5.56 Å². The van der Waals surface area contributed by atoms with Gasteiger partial charge in [0.25, 0.3) is 5.91 Å². The van der Waals surface area contributed by atoms with Crippen molar-refractivity contribution < 1.29 is 23.8 Å². The van der Waals surface area contributed by atoms with Crippen molar-refractivity contribution in [1.82, 2.24) is 4.90 Å². The van der Waals surface area contributed by atoms with E-state index in [1.165, 1.54) is 12.1 Å². The topological polar surface area (TPSA) is 66.8 Å². The predicted molar refractivity (Wildman–Crippen MR) is 115 cm³/mol. The zero-order valence-corrected chi connectivity index (χ0v) is 17.4. The lowest BCUT2D eigenvalue weighted by Gasteiger charge is -2.30. The van der Waals surface area contributed by atoms with E-state index in [1.54, 1.807) is 4.90 Å². The van der Waals surface area contributed by atoms with Crippen molar-refractivity contribution in [3.63, 3.8) is 0 Å². The van der Waals surface area contributed by atoms with E-state index in [-0.39, 0.29) is 17.5 Å². The van der Waals surface area contributed by atoms with Gasteiger partial charge in [0.15, 0.2) is 18.2 Å². The highest BCUT2D eigenvalue weighted by Gasteiger charge is 2.24. The average molecular weight is 421 g/mol. The van der Waals surface area contributed by atoms with Crippen molar-refractivity contribution in [2.45, 2.75) is 26.4 Å². The molecule has 0 bridgehead atoms. The first-order valence-electron chi connectivity index (χ1n) is 9.92. The summed E-state index contributed by atoms with van der Waals surface area (Å²) in [7, 11) is 0. The van der Waals surface area contributed by atoms with E-state index in [0.29, 0.717) is 6.54 Å². The van der Waals surface area contributed by atoms with Gasteiger partial charge in [0, 0.05) is 6.54 Å². The average Bonchev–Trinajstić information content (AvgIpc) is 2.77. The van der Waals surface area contributed by atoms with Gasteiger partial charge < -0.3 is 14.7 Å². The Morgan fingerprint density at radius 3 is 2.35 bits per heavy atom. The maximum atomic E-state index is 14.2. The molecule has 0 aromatic heterocycles. The summed E-state index contributed by atoms with van der Waals surface area (Å²) >= 11 is 0. The number of carboxylic acid groups (broad SMARTS) is 1. The number of halogens is 1. The summed E-state index contributed by atoms with van der Waals surface area (Å²) in [6, 6.07) is 20.7. The third-order valence-electron chi connectivity index (χ3n) is 5.21. The smallest absolute Gasteiger partial charge is 0.339 e. The van der Waals surface area contributed by atoms with Gasteiger partial charge in [0.2, 0.25) is 0 Å². The first-order chi connectivity index (χ1) is 14.9. The summed E-state index contributed by atoms with van der Waals surface area (Å²) in [4.78, 5) is 26.2. The first-order valence-corrected chi connectivity index (χ1v) is 9.92. The lowest BCUT2D eigenvalue weighted by Crippen LogP contribution is -2.37. The van der Waals surface area contributed by atoms with Crippen LogP contribution in [-0.4, -0.2) is 28.5 Å². The third kappa shape index (κ3) is 5.28. The van der Waals surface area contributed by atoms with Crippen LogP contribution in [0.2, 0.25) is 0 Å². The molecule has 0 aliphatic heterocycles. The number of carbonyl (C=O) groups is 2. The number of hydrogen-bond donors (Lipinski definition) is 1. The van der Waals surface area contributed by atoms with Gasteiger partial charge in [-0.25, -0.2) is 9.18 Å². The number of ether oxygens (including phenoxy) is 1. The van der Waals surface area contributed by atoms with Gasteiger partial charge in [-0.2, -0.15) is 0 Å². The summed E-state index contributed by atoms with van der Waals surface area (Å²) in [6.07, 6.45) is 0. The zero-order chi connectivity index (χ0) is 22.4. The molecule has 31 heavy (non-hydrogen) atoms. The lowest BCUT2D eigenvalue weighted by molar-refractivity contribution is -0.136. The van der Waals surface area contributed by atoms with Gasteiger partial charge >= 0.3 is 5.97 Å². The molecule has 6 heteroatoms. The van der Waals surface area contributed by atoms with E-state index in [0.717, 1.165) is 22.8 Å². The highest BCUT2D eigenvalue weighted by Crippen LogP contribution is 2.26. The fraction of sp³-hybridized carbons (Fsp3) is 0.200. The Hall–Kier alpha value is -3.67. The number of hydrogen-bond acceptors (Lipinski definition) is 3. The van der Waals surface area contributed by atoms with E-state index in [1.807, 2.05) is 68.4 Å². The van der Waals surface area contributed by atoms with E-state index in [2.05, 4.69) is 0 Å². The predicted octanol–water partition coefficient (Wildman–Crippen LogP) is 5.00. The van der Waals surface area contributed by atoms with Crippen LogP contribution >= 0.6 is 0 Å². The van der Waals surface area contributed by atoms with Gasteiger partial charge in [-0.15, -0.1) is 0 Å². The third-order valence-corrected chi connectivity index (χ3v) is 5.21. The standard InChI is InChI=1S/C25H24FNO4/c1-17-9-6-7-12-20(17)15-27(18(2)19-10-4-3-5-11-19)23(28)16-31-24-21(25(29)30)13-8-14-22(24)26/h3-14,18H,15-16H2,1-2H3,(H,29,30)/t18-/m0/s1. The number of carbonyl (C=O) groups excluding carboxylic acids is 1. The number of nitrogens with zero attached hydrogens (tertiary/aromatic N) is 1. The fourth-order valence-corrected chi connectivity index (χ4v) is 3.36. The van der Waals surface area contributed by atoms with E-state index in [9.17, 15) is 19.1 Å². The van der Waals surface area contributed by atoms with Gasteiger partial charge in [-0.3, -0.25) is 4.79 Å². The largest absolute Gasteiger partial charge is 0.480 e. The molecule has 3 aromatic carbocycles. The monoisotopic (exact) mass is 421 g/mol. The molecule has 3 aromatic rings. The normalized spacial score (nSPS) is 11.6. The first kappa shape index (κ1) is 22.0. The Kier molecular flexibility index (Phi) is 7.03. The van der Waals surface area contributed by atoms with Crippen LogP contribution in [0.1, 0.15) is 40.0 Å². The molecular formula is C25H24FNO4. The molecule has 0 saturated heterocycles. The second-order valence-electron chi connectivity index (χ2n) is 7.25. The summed E-state index contributed by atoms with van der Waals surface area (Å²) in [5.41, 5.74) is 2.65. The van der Waals surface area contributed by atoms with E-state index < -0.39 is 24.1 Å². The molecule has 1 amide bonds. The van der Waals surface area contributed by atoms with Crippen molar-refractivity contribution in [2.24, 2.45) is 0 Å². The number of carboxylic acids is 1. The Labute approximate surface area is 180 Å². The molecule has 0 fully saturated rings. The molecule has 0 radical (unpaired) electrons. The summed E-state index contributed by atoms with van der Waals surface area (Å²) in [5, 5.41) is 9.28. The molecule has 0 saturated carbocycles. The zero-order valence-electron chi connectivity index (χ0n) is 17.4. The number of para-hydroxylation sites is 1.